The zero-order valence-electron chi connectivity index (χ0n) is 9.71. The maximum absolute atomic E-state index is 13.1. The Labute approximate surface area is 113 Å². The van der Waals surface area contributed by atoms with Gasteiger partial charge in [0.25, 0.3) is 0 Å². The van der Waals surface area contributed by atoms with Crippen molar-refractivity contribution in [1.82, 2.24) is 0 Å². The number of halogens is 3. The summed E-state index contributed by atoms with van der Waals surface area (Å²) >= 11 is 3.21. The van der Waals surface area contributed by atoms with Gasteiger partial charge in [0.15, 0.2) is 0 Å². The van der Waals surface area contributed by atoms with Gasteiger partial charge in [-0.15, -0.1) is 0 Å². The highest BCUT2D eigenvalue weighted by atomic mass is 79.9. The summed E-state index contributed by atoms with van der Waals surface area (Å²) in [6.45, 7) is 2.13. The van der Waals surface area contributed by atoms with E-state index in [1.54, 1.807) is 6.07 Å². The molecule has 0 saturated carbocycles. The molecular formula is C14H11BrF2O. The first kappa shape index (κ1) is 13.0. The highest BCUT2D eigenvalue weighted by Gasteiger charge is 2.05. The largest absolute Gasteiger partial charge is 0.488 e. The lowest BCUT2D eigenvalue weighted by molar-refractivity contribution is 0.302. The number of ether oxygens (including phenoxy) is 1. The quantitative estimate of drug-likeness (QED) is 0.804. The third kappa shape index (κ3) is 3.07. The van der Waals surface area contributed by atoms with Crippen LogP contribution in [-0.4, -0.2) is 0 Å². The summed E-state index contributed by atoms with van der Waals surface area (Å²) in [4.78, 5) is 0. The van der Waals surface area contributed by atoms with Crippen molar-refractivity contribution < 1.29 is 13.5 Å². The Kier molecular flexibility index (Phi) is 3.97. The average molecular weight is 313 g/mol. The van der Waals surface area contributed by atoms with Crippen molar-refractivity contribution in [2.24, 2.45) is 0 Å². The fraction of sp³-hybridized carbons (Fsp3) is 0.143. The lowest BCUT2D eigenvalue weighted by Crippen LogP contribution is -1.99. The molecule has 0 bridgehead atoms. The summed E-state index contributed by atoms with van der Waals surface area (Å²) in [5.41, 5.74) is 1.72. The zero-order chi connectivity index (χ0) is 13.1. The first-order valence-corrected chi connectivity index (χ1v) is 6.18. The first-order valence-electron chi connectivity index (χ1n) is 5.39. The van der Waals surface area contributed by atoms with E-state index in [1.165, 1.54) is 30.3 Å². The van der Waals surface area contributed by atoms with Gasteiger partial charge in [-0.2, -0.15) is 0 Å². The van der Waals surface area contributed by atoms with Gasteiger partial charge in [-0.3, -0.25) is 0 Å². The Hall–Kier alpha value is -1.42. The molecule has 0 saturated heterocycles. The SMILES string of the molecule is Cc1ccc(F)cc1COc1ccc(F)cc1Br. The van der Waals surface area contributed by atoms with E-state index in [2.05, 4.69) is 15.9 Å². The molecule has 1 nitrogen and oxygen atoms in total. The smallest absolute Gasteiger partial charge is 0.134 e. The van der Waals surface area contributed by atoms with Crippen LogP contribution in [0.2, 0.25) is 0 Å². The minimum atomic E-state index is -0.337. The maximum atomic E-state index is 13.1. The molecule has 18 heavy (non-hydrogen) atoms. The van der Waals surface area contributed by atoms with Gasteiger partial charge in [0.2, 0.25) is 0 Å². The molecule has 0 aliphatic carbocycles. The van der Waals surface area contributed by atoms with E-state index in [-0.39, 0.29) is 18.2 Å². The van der Waals surface area contributed by atoms with Crippen molar-refractivity contribution in [3.8, 4) is 5.75 Å². The van der Waals surface area contributed by atoms with Gasteiger partial charge in [-0.25, -0.2) is 8.78 Å². The van der Waals surface area contributed by atoms with E-state index in [9.17, 15) is 8.78 Å². The van der Waals surface area contributed by atoms with Crippen molar-refractivity contribution in [2.75, 3.05) is 0 Å². The van der Waals surface area contributed by atoms with Crippen LogP contribution < -0.4 is 4.74 Å². The van der Waals surface area contributed by atoms with Crippen LogP contribution in [0.15, 0.2) is 40.9 Å². The normalized spacial score (nSPS) is 10.4. The molecule has 2 aromatic carbocycles. The van der Waals surface area contributed by atoms with E-state index in [1.807, 2.05) is 6.92 Å². The van der Waals surface area contributed by atoms with E-state index in [0.717, 1.165) is 11.1 Å². The molecular weight excluding hydrogens is 302 g/mol. The van der Waals surface area contributed by atoms with Crippen molar-refractivity contribution in [2.45, 2.75) is 13.5 Å². The fourth-order valence-corrected chi connectivity index (χ4v) is 2.01. The Bertz CT molecular complexity index is 570. The summed E-state index contributed by atoms with van der Waals surface area (Å²) in [7, 11) is 0. The molecule has 2 aromatic rings. The Morgan fingerprint density at radius 3 is 2.44 bits per heavy atom. The monoisotopic (exact) mass is 312 g/mol. The standard InChI is InChI=1S/C14H11BrF2O/c1-9-2-3-11(16)6-10(9)8-18-14-5-4-12(17)7-13(14)15/h2-7H,8H2,1H3. The van der Waals surface area contributed by atoms with Crippen LogP contribution in [0.1, 0.15) is 11.1 Å². The molecule has 0 aliphatic heterocycles. The topological polar surface area (TPSA) is 9.23 Å². The average Bonchev–Trinajstić information content (AvgIpc) is 2.32. The van der Waals surface area contributed by atoms with Crippen molar-refractivity contribution in [3.63, 3.8) is 0 Å². The number of hydrogen-bond acceptors (Lipinski definition) is 1. The Morgan fingerprint density at radius 1 is 1.06 bits per heavy atom. The van der Waals surface area contributed by atoms with E-state index >= 15 is 0 Å². The van der Waals surface area contributed by atoms with Crippen molar-refractivity contribution in [1.29, 1.82) is 0 Å². The number of hydrogen-bond donors (Lipinski definition) is 0. The molecule has 0 atom stereocenters. The van der Waals surface area contributed by atoms with Gasteiger partial charge < -0.3 is 4.74 Å². The zero-order valence-corrected chi connectivity index (χ0v) is 11.3. The van der Waals surface area contributed by atoms with Gasteiger partial charge in [0.1, 0.15) is 24.0 Å². The lowest BCUT2D eigenvalue weighted by Gasteiger charge is -2.10. The summed E-state index contributed by atoms with van der Waals surface area (Å²) in [6.07, 6.45) is 0. The predicted molar refractivity (Wildman–Crippen MR) is 69.6 cm³/mol. The maximum Gasteiger partial charge on any atom is 0.134 e. The van der Waals surface area contributed by atoms with Crippen LogP contribution in [0.4, 0.5) is 8.78 Å². The fourth-order valence-electron chi connectivity index (χ4n) is 1.54. The molecule has 4 heteroatoms. The van der Waals surface area contributed by atoms with Gasteiger partial charge >= 0.3 is 0 Å². The molecule has 0 aliphatic rings. The molecule has 0 heterocycles. The lowest BCUT2D eigenvalue weighted by atomic mass is 10.1. The minimum absolute atomic E-state index is 0.244. The summed E-state index contributed by atoms with van der Waals surface area (Å²) in [5, 5.41) is 0. The number of rotatable bonds is 3. The summed E-state index contributed by atoms with van der Waals surface area (Å²) < 4.78 is 32.1. The number of benzene rings is 2. The number of aryl methyl sites for hydroxylation is 1. The van der Waals surface area contributed by atoms with Gasteiger partial charge in [-0.1, -0.05) is 6.07 Å². The van der Waals surface area contributed by atoms with Crippen LogP contribution in [0.3, 0.4) is 0 Å². The van der Waals surface area contributed by atoms with E-state index in [0.29, 0.717) is 10.2 Å². The van der Waals surface area contributed by atoms with Crippen LogP contribution in [0, 0.1) is 18.6 Å². The van der Waals surface area contributed by atoms with Crippen molar-refractivity contribution >= 4 is 15.9 Å². The second-order valence-electron chi connectivity index (χ2n) is 3.93. The van der Waals surface area contributed by atoms with Crippen LogP contribution in [0.25, 0.3) is 0 Å². The second-order valence-corrected chi connectivity index (χ2v) is 4.79. The molecule has 0 aromatic heterocycles. The Morgan fingerprint density at radius 2 is 1.72 bits per heavy atom. The molecule has 2 rings (SSSR count). The molecule has 0 amide bonds. The third-order valence-electron chi connectivity index (χ3n) is 2.59. The van der Waals surface area contributed by atoms with Gasteiger partial charge in [0.05, 0.1) is 4.47 Å². The highest BCUT2D eigenvalue weighted by Crippen LogP contribution is 2.26. The van der Waals surface area contributed by atoms with Crippen LogP contribution in [-0.2, 0) is 6.61 Å². The molecule has 0 radical (unpaired) electrons. The van der Waals surface area contributed by atoms with E-state index < -0.39 is 0 Å². The molecule has 0 fully saturated rings. The predicted octanol–water partition coefficient (Wildman–Crippen LogP) is 4.61. The Balaban J connectivity index is 2.13. The highest BCUT2D eigenvalue weighted by molar-refractivity contribution is 9.10. The van der Waals surface area contributed by atoms with Gasteiger partial charge in [-0.05, 0) is 64.3 Å². The molecule has 0 N–H and O–H groups in total. The molecule has 0 spiro atoms. The van der Waals surface area contributed by atoms with Crippen LogP contribution >= 0.6 is 15.9 Å². The summed E-state index contributed by atoms with van der Waals surface area (Å²) in [5.74, 6) is -0.103. The van der Waals surface area contributed by atoms with Crippen LogP contribution in [0.5, 0.6) is 5.75 Å². The third-order valence-corrected chi connectivity index (χ3v) is 3.21. The van der Waals surface area contributed by atoms with Crippen molar-refractivity contribution in [3.05, 3.63) is 63.6 Å². The second kappa shape index (κ2) is 5.48. The van der Waals surface area contributed by atoms with Gasteiger partial charge in [0, 0.05) is 0 Å². The molecule has 94 valence electrons. The first-order chi connectivity index (χ1) is 8.56. The molecule has 0 unspecified atom stereocenters. The van der Waals surface area contributed by atoms with E-state index in [4.69, 9.17) is 4.74 Å². The minimum Gasteiger partial charge on any atom is -0.488 e. The summed E-state index contributed by atoms with van der Waals surface area (Å²) in [6, 6.07) is 8.73.